The predicted molar refractivity (Wildman–Crippen MR) is 93.8 cm³/mol. The summed E-state index contributed by atoms with van der Waals surface area (Å²) in [4.78, 5) is 37.1. The summed E-state index contributed by atoms with van der Waals surface area (Å²) in [6, 6.07) is 11.4. The zero-order valence-corrected chi connectivity index (χ0v) is 14.5. The molecule has 1 aliphatic rings. The Bertz CT molecular complexity index is 850. The second kappa shape index (κ2) is 7.25. The van der Waals surface area contributed by atoms with E-state index in [-0.39, 0.29) is 41.8 Å². The Morgan fingerprint density at radius 3 is 2.36 bits per heavy atom. The van der Waals surface area contributed by atoms with Crippen LogP contribution in [0.25, 0.3) is 0 Å². The third-order valence-electron chi connectivity index (χ3n) is 3.80. The van der Waals surface area contributed by atoms with Crippen molar-refractivity contribution in [1.82, 2.24) is 0 Å². The zero-order valence-electron chi connectivity index (χ0n) is 13.0. The standard InChI is InChI=1S/C18H13Cl2NO4/c19-14-4-2-1-3-11(14)10-25-18(24)13-9-12(5-6-15(13)20)21-16(22)7-8-17(21)23/h1-6,9H,7-8,10H2. The number of hydrogen-bond donors (Lipinski definition) is 0. The van der Waals surface area contributed by atoms with Gasteiger partial charge in [0.2, 0.25) is 11.8 Å². The van der Waals surface area contributed by atoms with E-state index in [1.165, 1.54) is 18.2 Å². The minimum absolute atomic E-state index is 0.0133. The highest BCUT2D eigenvalue weighted by molar-refractivity contribution is 6.34. The summed E-state index contributed by atoms with van der Waals surface area (Å²) in [5, 5.41) is 0.662. The summed E-state index contributed by atoms with van der Waals surface area (Å²) in [6.45, 7) is -0.0133. The molecular formula is C18H13Cl2NO4. The second-order valence-corrected chi connectivity index (χ2v) is 6.27. The molecule has 3 rings (SSSR count). The van der Waals surface area contributed by atoms with Crippen molar-refractivity contribution in [3.8, 4) is 0 Å². The molecule has 0 bridgehead atoms. The van der Waals surface area contributed by atoms with E-state index in [1.807, 2.05) is 0 Å². The van der Waals surface area contributed by atoms with Gasteiger partial charge < -0.3 is 4.74 Å². The number of benzene rings is 2. The van der Waals surface area contributed by atoms with E-state index in [1.54, 1.807) is 24.3 Å². The first kappa shape index (κ1) is 17.5. The number of anilines is 1. The van der Waals surface area contributed by atoms with Crippen LogP contribution in [0.4, 0.5) is 5.69 Å². The number of rotatable bonds is 4. The monoisotopic (exact) mass is 377 g/mol. The fraction of sp³-hybridized carbons (Fsp3) is 0.167. The number of halogens is 2. The predicted octanol–water partition coefficient (Wildman–Crippen LogP) is 4.00. The molecule has 1 saturated heterocycles. The van der Waals surface area contributed by atoms with Gasteiger partial charge in [-0.2, -0.15) is 0 Å². The van der Waals surface area contributed by atoms with Gasteiger partial charge in [-0.25, -0.2) is 4.79 Å². The first-order valence-electron chi connectivity index (χ1n) is 7.53. The average Bonchev–Trinajstić information content (AvgIpc) is 2.93. The minimum atomic E-state index is -0.661. The summed E-state index contributed by atoms with van der Waals surface area (Å²) in [5.41, 5.74) is 1.05. The van der Waals surface area contributed by atoms with Gasteiger partial charge in [0, 0.05) is 23.4 Å². The van der Waals surface area contributed by atoms with Crippen LogP contribution in [-0.4, -0.2) is 17.8 Å². The summed E-state index contributed by atoms with van der Waals surface area (Å²) >= 11 is 12.1. The van der Waals surface area contributed by atoms with Crippen molar-refractivity contribution in [1.29, 1.82) is 0 Å². The lowest BCUT2D eigenvalue weighted by atomic mass is 10.2. The molecule has 0 saturated carbocycles. The van der Waals surface area contributed by atoms with E-state index in [0.717, 1.165) is 4.90 Å². The maximum absolute atomic E-state index is 12.3. The van der Waals surface area contributed by atoms with Gasteiger partial charge in [0.25, 0.3) is 0 Å². The molecular weight excluding hydrogens is 365 g/mol. The van der Waals surface area contributed by atoms with Crippen LogP contribution < -0.4 is 4.90 Å². The molecule has 0 spiro atoms. The fourth-order valence-corrected chi connectivity index (χ4v) is 2.89. The Morgan fingerprint density at radius 1 is 1.00 bits per heavy atom. The largest absolute Gasteiger partial charge is 0.457 e. The van der Waals surface area contributed by atoms with E-state index >= 15 is 0 Å². The molecule has 0 radical (unpaired) electrons. The Kier molecular flexibility index (Phi) is 5.06. The van der Waals surface area contributed by atoms with Crippen LogP contribution in [-0.2, 0) is 20.9 Å². The normalized spacial score (nSPS) is 14.1. The number of hydrogen-bond acceptors (Lipinski definition) is 4. The molecule has 0 aromatic heterocycles. The van der Waals surface area contributed by atoms with Gasteiger partial charge >= 0.3 is 5.97 Å². The van der Waals surface area contributed by atoms with Crippen molar-refractivity contribution < 1.29 is 19.1 Å². The van der Waals surface area contributed by atoms with Crippen molar-refractivity contribution in [2.24, 2.45) is 0 Å². The van der Waals surface area contributed by atoms with Crippen molar-refractivity contribution in [3.05, 3.63) is 63.6 Å². The molecule has 1 heterocycles. The van der Waals surface area contributed by atoms with Crippen molar-refractivity contribution in [3.63, 3.8) is 0 Å². The molecule has 5 nitrogen and oxygen atoms in total. The molecule has 1 aliphatic heterocycles. The van der Waals surface area contributed by atoms with Crippen molar-refractivity contribution >= 4 is 46.7 Å². The third-order valence-corrected chi connectivity index (χ3v) is 4.49. The molecule has 0 atom stereocenters. The lowest BCUT2D eigenvalue weighted by molar-refractivity contribution is -0.121. The smallest absolute Gasteiger partial charge is 0.340 e. The number of amides is 2. The Hall–Kier alpha value is -2.37. The van der Waals surface area contributed by atoms with Crippen LogP contribution in [0.1, 0.15) is 28.8 Å². The Labute approximate surface area is 154 Å². The quantitative estimate of drug-likeness (QED) is 0.596. The van der Waals surface area contributed by atoms with Gasteiger partial charge in [0.05, 0.1) is 16.3 Å². The maximum atomic E-state index is 12.3. The molecule has 2 aromatic carbocycles. The van der Waals surface area contributed by atoms with Crippen LogP contribution in [0.2, 0.25) is 10.0 Å². The van der Waals surface area contributed by atoms with E-state index in [9.17, 15) is 14.4 Å². The molecule has 7 heteroatoms. The molecule has 2 aromatic rings. The van der Waals surface area contributed by atoms with Gasteiger partial charge in [0.15, 0.2) is 0 Å². The number of carbonyl (C=O) groups is 3. The van der Waals surface area contributed by atoms with E-state index < -0.39 is 5.97 Å². The number of esters is 1. The summed E-state index contributed by atoms with van der Waals surface area (Å²) in [7, 11) is 0. The highest BCUT2D eigenvalue weighted by Gasteiger charge is 2.31. The van der Waals surface area contributed by atoms with Crippen LogP contribution in [0, 0.1) is 0 Å². The highest BCUT2D eigenvalue weighted by atomic mass is 35.5. The van der Waals surface area contributed by atoms with E-state index in [2.05, 4.69) is 0 Å². The molecule has 0 unspecified atom stereocenters. The Balaban J connectivity index is 1.80. The van der Waals surface area contributed by atoms with E-state index in [0.29, 0.717) is 16.3 Å². The lowest BCUT2D eigenvalue weighted by Crippen LogP contribution is -2.28. The molecule has 0 N–H and O–H groups in total. The van der Waals surface area contributed by atoms with Gasteiger partial charge in [-0.15, -0.1) is 0 Å². The van der Waals surface area contributed by atoms with Crippen LogP contribution in [0.15, 0.2) is 42.5 Å². The van der Waals surface area contributed by atoms with Gasteiger partial charge in [0.1, 0.15) is 6.61 Å². The number of carbonyl (C=O) groups excluding carboxylic acids is 3. The number of ether oxygens (including phenoxy) is 1. The van der Waals surface area contributed by atoms with Crippen molar-refractivity contribution in [2.45, 2.75) is 19.4 Å². The average molecular weight is 378 g/mol. The minimum Gasteiger partial charge on any atom is -0.457 e. The van der Waals surface area contributed by atoms with Crippen molar-refractivity contribution in [2.75, 3.05) is 4.90 Å². The first-order chi connectivity index (χ1) is 12.0. The SMILES string of the molecule is O=C(OCc1ccccc1Cl)c1cc(N2C(=O)CCC2=O)ccc1Cl. The summed E-state index contributed by atoms with van der Waals surface area (Å²) in [6.07, 6.45) is 0.321. The molecule has 2 amide bonds. The zero-order chi connectivity index (χ0) is 18.0. The molecule has 25 heavy (non-hydrogen) atoms. The van der Waals surface area contributed by atoms with Gasteiger partial charge in [-0.1, -0.05) is 41.4 Å². The third kappa shape index (κ3) is 3.67. The number of imide groups is 1. The fourth-order valence-electron chi connectivity index (χ4n) is 2.51. The topological polar surface area (TPSA) is 63.7 Å². The molecule has 1 fully saturated rings. The summed E-state index contributed by atoms with van der Waals surface area (Å²) < 4.78 is 5.25. The van der Waals surface area contributed by atoms with Gasteiger partial charge in [-0.3, -0.25) is 14.5 Å². The Morgan fingerprint density at radius 2 is 1.68 bits per heavy atom. The van der Waals surface area contributed by atoms with Gasteiger partial charge in [-0.05, 0) is 24.3 Å². The van der Waals surface area contributed by atoms with E-state index in [4.69, 9.17) is 27.9 Å². The summed E-state index contributed by atoms with van der Waals surface area (Å²) in [5.74, 6) is -1.27. The highest BCUT2D eigenvalue weighted by Crippen LogP contribution is 2.28. The molecule has 0 aliphatic carbocycles. The molecule has 128 valence electrons. The first-order valence-corrected chi connectivity index (χ1v) is 8.29. The lowest BCUT2D eigenvalue weighted by Gasteiger charge is -2.15. The number of nitrogens with zero attached hydrogens (tertiary/aromatic N) is 1. The van der Waals surface area contributed by atoms with Crippen LogP contribution in [0.5, 0.6) is 0 Å². The van der Waals surface area contributed by atoms with Crippen LogP contribution in [0.3, 0.4) is 0 Å². The maximum Gasteiger partial charge on any atom is 0.340 e. The second-order valence-electron chi connectivity index (χ2n) is 5.45. The van der Waals surface area contributed by atoms with Crippen LogP contribution >= 0.6 is 23.2 Å².